The molecule has 2 aromatic carbocycles. The number of benzene rings is 2. The van der Waals surface area contributed by atoms with Gasteiger partial charge in [0.2, 0.25) is 0 Å². The summed E-state index contributed by atoms with van der Waals surface area (Å²) in [6.07, 6.45) is -1.14. The van der Waals surface area contributed by atoms with Gasteiger partial charge in [0.05, 0.1) is 13.0 Å². The molecule has 0 aromatic heterocycles. The fraction of sp³-hybridized carbons (Fsp3) is 0.176. The summed E-state index contributed by atoms with van der Waals surface area (Å²) < 4.78 is 5.47. The quantitative estimate of drug-likeness (QED) is 0.810. The van der Waals surface area contributed by atoms with Crippen LogP contribution >= 0.6 is 12.2 Å². The molecule has 1 amide bonds. The van der Waals surface area contributed by atoms with Crippen LogP contribution in [0.25, 0.3) is 0 Å². The Bertz CT molecular complexity index is 635. The van der Waals surface area contributed by atoms with E-state index >= 15 is 0 Å². The van der Waals surface area contributed by atoms with Crippen LogP contribution in [0.2, 0.25) is 0 Å². The first kappa shape index (κ1) is 14.7. The van der Waals surface area contributed by atoms with Crippen molar-refractivity contribution in [2.45, 2.75) is 12.0 Å². The summed E-state index contributed by atoms with van der Waals surface area (Å²) >= 11 is 5.37. The molecule has 5 heteroatoms. The zero-order chi connectivity index (χ0) is 15.5. The second-order valence-electron chi connectivity index (χ2n) is 4.92. The zero-order valence-corrected chi connectivity index (χ0v) is 12.8. The highest BCUT2D eigenvalue weighted by Gasteiger charge is 2.43. The minimum absolute atomic E-state index is 0.168. The lowest BCUT2D eigenvalue weighted by Crippen LogP contribution is -2.32. The summed E-state index contributed by atoms with van der Waals surface area (Å²) in [6.45, 7) is 0. The van der Waals surface area contributed by atoms with Gasteiger partial charge in [0.25, 0.3) is 0 Å². The van der Waals surface area contributed by atoms with Crippen molar-refractivity contribution in [2.75, 3.05) is 7.11 Å². The number of amides is 1. The van der Waals surface area contributed by atoms with E-state index in [-0.39, 0.29) is 5.92 Å². The first-order chi connectivity index (χ1) is 10.7. The van der Waals surface area contributed by atoms with E-state index in [4.69, 9.17) is 21.8 Å². The molecule has 0 spiro atoms. The number of hydrogen-bond donors (Lipinski definition) is 0. The van der Waals surface area contributed by atoms with Crippen LogP contribution in [0, 0.1) is 0 Å². The van der Waals surface area contributed by atoms with Gasteiger partial charge in [0.15, 0.2) is 11.1 Å². The number of hydroxylamine groups is 2. The van der Waals surface area contributed by atoms with Crippen LogP contribution in [0.5, 0.6) is 0 Å². The van der Waals surface area contributed by atoms with Crippen LogP contribution in [-0.4, -0.2) is 29.4 Å². The third-order valence-corrected chi connectivity index (χ3v) is 4.04. The van der Waals surface area contributed by atoms with E-state index in [0.29, 0.717) is 4.99 Å². The van der Waals surface area contributed by atoms with Crippen molar-refractivity contribution in [1.29, 1.82) is 0 Å². The topological polar surface area (TPSA) is 38.8 Å². The van der Waals surface area contributed by atoms with Gasteiger partial charge in [0.1, 0.15) is 0 Å². The van der Waals surface area contributed by atoms with Crippen LogP contribution in [0.4, 0.5) is 4.79 Å². The van der Waals surface area contributed by atoms with Crippen molar-refractivity contribution in [2.24, 2.45) is 0 Å². The molecule has 2 aromatic rings. The predicted octanol–water partition coefficient (Wildman–Crippen LogP) is 3.53. The van der Waals surface area contributed by atoms with Crippen molar-refractivity contribution in [3.8, 4) is 0 Å². The van der Waals surface area contributed by atoms with Gasteiger partial charge in [-0.15, -0.1) is 5.06 Å². The van der Waals surface area contributed by atoms with Gasteiger partial charge in [-0.1, -0.05) is 72.9 Å². The molecule has 1 heterocycles. The fourth-order valence-corrected chi connectivity index (χ4v) is 2.98. The summed E-state index contributed by atoms with van der Waals surface area (Å²) in [5.41, 5.74) is 2.07. The number of carbonyl (C=O) groups excluding carboxylic acids is 1. The third-order valence-electron chi connectivity index (χ3n) is 3.64. The molecule has 3 rings (SSSR count). The largest absolute Gasteiger partial charge is 0.440 e. The average molecular weight is 313 g/mol. The molecular formula is C17H15NO3S. The molecule has 1 fully saturated rings. The smallest absolute Gasteiger partial charge is 0.436 e. The molecule has 1 aliphatic heterocycles. The molecular weight excluding hydrogens is 298 g/mol. The van der Waals surface area contributed by atoms with E-state index in [1.54, 1.807) is 0 Å². The van der Waals surface area contributed by atoms with Crippen LogP contribution < -0.4 is 0 Å². The molecule has 0 aliphatic carbocycles. The van der Waals surface area contributed by atoms with Gasteiger partial charge in [-0.3, -0.25) is 4.84 Å². The molecule has 1 atom stereocenters. The highest BCUT2D eigenvalue weighted by Crippen LogP contribution is 2.34. The monoisotopic (exact) mass is 313 g/mol. The highest BCUT2D eigenvalue weighted by atomic mass is 32.1. The minimum Gasteiger partial charge on any atom is -0.436 e. The average Bonchev–Trinajstić information content (AvgIpc) is 2.84. The number of nitrogens with zero attached hydrogens (tertiary/aromatic N) is 1. The van der Waals surface area contributed by atoms with Crippen molar-refractivity contribution in [3.63, 3.8) is 0 Å². The fourth-order valence-electron chi connectivity index (χ4n) is 2.65. The number of rotatable bonds is 4. The van der Waals surface area contributed by atoms with Gasteiger partial charge >= 0.3 is 6.09 Å². The number of carbonyl (C=O) groups is 1. The number of hydrogen-bond acceptors (Lipinski definition) is 4. The van der Waals surface area contributed by atoms with Crippen LogP contribution in [0.1, 0.15) is 17.0 Å². The molecule has 0 saturated carbocycles. The minimum atomic E-state index is -0.575. The molecule has 0 N–H and O–H groups in total. The molecule has 1 saturated heterocycles. The third kappa shape index (κ3) is 2.61. The Labute approximate surface area is 134 Å². The molecule has 1 unspecified atom stereocenters. The molecule has 0 bridgehead atoms. The van der Waals surface area contributed by atoms with Gasteiger partial charge in [-0.25, -0.2) is 4.79 Å². The maximum atomic E-state index is 11.9. The standard InChI is InChI=1S/C17H15NO3S/c1-20-18-16(22)15(21-17(18)19)14(12-8-4-2-5-9-12)13-10-6-3-7-11-13/h2-11,14-15H,1H3. The van der Waals surface area contributed by atoms with Gasteiger partial charge in [0, 0.05) is 0 Å². The Morgan fingerprint density at radius 2 is 1.55 bits per heavy atom. The number of ether oxygens (including phenoxy) is 1. The Morgan fingerprint density at radius 1 is 1.05 bits per heavy atom. The number of cyclic esters (lactones) is 1. The Kier molecular flexibility index (Phi) is 4.18. The lowest BCUT2D eigenvalue weighted by molar-refractivity contribution is -0.0312. The Balaban J connectivity index is 2.04. The SMILES string of the molecule is CON1C(=O)OC(C(c2ccccc2)c2ccccc2)C1=S. The normalized spacial score (nSPS) is 17.9. The zero-order valence-electron chi connectivity index (χ0n) is 12.0. The lowest BCUT2D eigenvalue weighted by atomic mass is 9.86. The summed E-state index contributed by atoms with van der Waals surface area (Å²) in [5, 5.41) is 1.03. The van der Waals surface area contributed by atoms with Gasteiger partial charge in [-0.05, 0) is 11.1 Å². The first-order valence-electron chi connectivity index (χ1n) is 6.91. The molecule has 22 heavy (non-hydrogen) atoms. The maximum absolute atomic E-state index is 11.9. The Hall–Kier alpha value is -2.24. The molecule has 112 valence electrons. The van der Waals surface area contributed by atoms with Crippen molar-refractivity contribution < 1.29 is 14.4 Å². The molecule has 4 nitrogen and oxygen atoms in total. The van der Waals surface area contributed by atoms with Crippen LogP contribution in [0.15, 0.2) is 60.7 Å². The van der Waals surface area contributed by atoms with E-state index in [2.05, 4.69) is 0 Å². The maximum Gasteiger partial charge on any atom is 0.440 e. The van der Waals surface area contributed by atoms with E-state index in [1.165, 1.54) is 7.11 Å². The van der Waals surface area contributed by atoms with Gasteiger partial charge < -0.3 is 4.74 Å². The molecule has 1 aliphatic rings. The summed E-state index contributed by atoms with van der Waals surface area (Å²) in [5.74, 6) is -0.168. The van der Waals surface area contributed by atoms with E-state index < -0.39 is 12.2 Å². The summed E-state index contributed by atoms with van der Waals surface area (Å²) in [4.78, 5) is 17.2. The molecule has 0 radical (unpaired) electrons. The lowest BCUT2D eigenvalue weighted by Gasteiger charge is -2.23. The Morgan fingerprint density at radius 3 is 1.95 bits per heavy atom. The highest BCUT2D eigenvalue weighted by molar-refractivity contribution is 7.80. The van der Waals surface area contributed by atoms with Crippen molar-refractivity contribution >= 4 is 23.3 Å². The van der Waals surface area contributed by atoms with Crippen LogP contribution in [-0.2, 0) is 9.57 Å². The van der Waals surface area contributed by atoms with Crippen LogP contribution in [0.3, 0.4) is 0 Å². The van der Waals surface area contributed by atoms with Gasteiger partial charge in [-0.2, -0.15) is 0 Å². The second kappa shape index (κ2) is 6.25. The number of thiocarbonyl (C=S) groups is 1. The van der Waals surface area contributed by atoms with E-state index in [0.717, 1.165) is 16.2 Å². The van der Waals surface area contributed by atoms with E-state index in [9.17, 15) is 4.79 Å². The summed E-state index contributed by atoms with van der Waals surface area (Å²) in [6, 6.07) is 19.7. The van der Waals surface area contributed by atoms with Crippen molar-refractivity contribution in [1.82, 2.24) is 5.06 Å². The summed E-state index contributed by atoms with van der Waals surface area (Å²) in [7, 11) is 1.40. The second-order valence-corrected chi connectivity index (χ2v) is 5.34. The predicted molar refractivity (Wildman–Crippen MR) is 86.4 cm³/mol. The van der Waals surface area contributed by atoms with Crippen molar-refractivity contribution in [3.05, 3.63) is 71.8 Å². The van der Waals surface area contributed by atoms with E-state index in [1.807, 2.05) is 60.7 Å². The first-order valence-corrected chi connectivity index (χ1v) is 7.32.